The van der Waals surface area contributed by atoms with Gasteiger partial charge in [0.15, 0.2) is 0 Å². The molecule has 6 nitrogen and oxygen atoms in total. The van der Waals surface area contributed by atoms with Crippen LogP contribution >= 0.6 is 11.6 Å². The van der Waals surface area contributed by atoms with E-state index in [1.54, 1.807) is 36.4 Å². The largest absolute Gasteiger partial charge is 0.353 e. The Morgan fingerprint density at radius 2 is 1.13 bits per heavy atom. The highest BCUT2D eigenvalue weighted by atomic mass is 35.5. The molecule has 0 fully saturated rings. The fraction of sp³-hybridized carbons (Fsp3) is 0.125. The molecular weight excluding hydrogens is 414 g/mol. The Hall–Kier alpha value is -3.64. The van der Waals surface area contributed by atoms with Crippen LogP contribution in [0.2, 0.25) is 5.02 Å². The van der Waals surface area contributed by atoms with E-state index in [9.17, 15) is 14.4 Å². The van der Waals surface area contributed by atoms with Gasteiger partial charge in [-0.05, 0) is 47.5 Å². The molecule has 0 aliphatic rings. The van der Waals surface area contributed by atoms with Gasteiger partial charge >= 0.3 is 0 Å². The second-order valence-electron chi connectivity index (χ2n) is 6.74. The minimum absolute atomic E-state index is 0.148. The van der Waals surface area contributed by atoms with E-state index >= 15 is 0 Å². The van der Waals surface area contributed by atoms with Crippen LogP contribution in [0.5, 0.6) is 0 Å². The van der Waals surface area contributed by atoms with Gasteiger partial charge < -0.3 is 16.0 Å². The molecule has 0 radical (unpaired) electrons. The first kappa shape index (κ1) is 22.1. The third-order valence-electron chi connectivity index (χ3n) is 4.50. The van der Waals surface area contributed by atoms with Crippen LogP contribution in [-0.2, 0) is 4.79 Å². The zero-order chi connectivity index (χ0) is 22.1. The van der Waals surface area contributed by atoms with Crippen LogP contribution in [-0.4, -0.2) is 37.4 Å². The van der Waals surface area contributed by atoms with Crippen molar-refractivity contribution in [1.29, 1.82) is 0 Å². The van der Waals surface area contributed by atoms with E-state index in [4.69, 9.17) is 11.6 Å². The maximum atomic E-state index is 12.2. The summed E-state index contributed by atoms with van der Waals surface area (Å²) < 4.78 is 0. The first-order valence-electron chi connectivity index (χ1n) is 9.77. The minimum Gasteiger partial charge on any atom is -0.353 e. The van der Waals surface area contributed by atoms with Crippen molar-refractivity contribution in [3.05, 3.63) is 95.0 Å². The third-order valence-corrected chi connectivity index (χ3v) is 4.75. The number of rotatable bonds is 8. The molecule has 0 aliphatic heterocycles. The van der Waals surface area contributed by atoms with E-state index in [2.05, 4.69) is 16.0 Å². The molecule has 0 spiro atoms. The van der Waals surface area contributed by atoms with Crippen molar-refractivity contribution in [3.63, 3.8) is 0 Å². The second kappa shape index (κ2) is 10.9. The molecule has 3 aromatic rings. The highest BCUT2D eigenvalue weighted by molar-refractivity contribution is 6.30. The van der Waals surface area contributed by atoms with E-state index in [-0.39, 0.29) is 37.4 Å². The first-order valence-corrected chi connectivity index (χ1v) is 10.1. The van der Waals surface area contributed by atoms with Crippen molar-refractivity contribution < 1.29 is 14.4 Å². The Balaban J connectivity index is 1.37. The normalized spacial score (nSPS) is 10.2. The maximum absolute atomic E-state index is 12.2. The highest BCUT2D eigenvalue weighted by Gasteiger charge is 2.09. The van der Waals surface area contributed by atoms with Gasteiger partial charge in [0, 0.05) is 29.2 Å². The Morgan fingerprint density at radius 3 is 1.77 bits per heavy atom. The van der Waals surface area contributed by atoms with Crippen molar-refractivity contribution in [2.75, 3.05) is 19.6 Å². The van der Waals surface area contributed by atoms with Crippen LogP contribution in [0.3, 0.4) is 0 Å². The van der Waals surface area contributed by atoms with Gasteiger partial charge in [-0.25, -0.2) is 0 Å². The lowest BCUT2D eigenvalue weighted by molar-refractivity contribution is -0.120. The molecule has 0 atom stereocenters. The topological polar surface area (TPSA) is 87.3 Å². The Bertz CT molecular complexity index is 1040. The predicted octanol–water partition coefficient (Wildman–Crippen LogP) is 3.28. The summed E-state index contributed by atoms with van der Waals surface area (Å²) in [5.41, 5.74) is 3.04. The smallest absolute Gasteiger partial charge is 0.251 e. The Kier molecular flexibility index (Phi) is 7.79. The molecule has 31 heavy (non-hydrogen) atoms. The van der Waals surface area contributed by atoms with Crippen LogP contribution in [0.15, 0.2) is 78.9 Å². The molecule has 0 unspecified atom stereocenters. The van der Waals surface area contributed by atoms with Gasteiger partial charge in [0.2, 0.25) is 5.91 Å². The van der Waals surface area contributed by atoms with E-state index in [0.717, 1.165) is 11.1 Å². The van der Waals surface area contributed by atoms with Gasteiger partial charge in [-0.2, -0.15) is 0 Å². The zero-order valence-corrected chi connectivity index (χ0v) is 17.5. The fourth-order valence-electron chi connectivity index (χ4n) is 2.85. The molecule has 0 saturated heterocycles. The quantitative estimate of drug-likeness (QED) is 0.474. The number of hydrogen-bond acceptors (Lipinski definition) is 3. The highest BCUT2D eigenvalue weighted by Crippen LogP contribution is 2.19. The summed E-state index contributed by atoms with van der Waals surface area (Å²) in [6.45, 7) is 0.367. The fourth-order valence-corrected chi connectivity index (χ4v) is 2.98. The average Bonchev–Trinajstić information content (AvgIpc) is 2.81. The monoisotopic (exact) mass is 435 g/mol. The number of amides is 3. The Labute approximate surface area is 185 Å². The van der Waals surface area contributed by atoms with Crippen molar-refractivity contribution in [2.24, 2.45) is 0 Å². The number of carbonyl (C=O) groups is 3. The number of hydrogen-bond donors (Lipinski definition) is 3. The summed E-state index contributed by atoms with van der Waals surface area (Å²) in [6, 6.07) is 23.6. The summed E-state index contributed by atoms with van der Waals surface area (Å²) >= 11 is 5.79. The van der Waals surface area contributed by atoms with Crippen molar-refractivity contribution in [2.45, 2.75) is 0 Å². The van der Waals surface area contributed by atoms with Crippen molar-refractivity contribution in [1.82, 2.24) is 16.0 Å². The SMILES string of the molecule is O=C(CNC(=O)c1ccc(-c2ccccc2)cc1)NCCNC(=O)c1ccc(Cl)cc1. The third kappa shape index (κ3) is 6.69. The summed E-state index contributed by atoms with van der Waals surface area (Å²) in [7, 11) is 0. The molecule has 3 rings (SSSR count). The lowest BCUT2D eigenvalue weighted by Gasteiger charge is -2.09. The van der Waals surface area contributed by atoms with Gasteiger partial charge in [-0.15, -0.1) is 0 Å². The molecule has 3 amide bonds. The van der Waals surface area contributed by atoms with E-state index in [1.165, 1.54) is 0 Å². The second-order valence-corrected chi connectivity index (χ2v) is 7.18. The molecule has 0 bridgehead atoms. The van der Waals surface area contributed by atoms with Gasteiger partial charge in [-0.3, -0.25) is 14.4 Å². The molecule has 0 aromatic heterocycles. The maximum Gasteiger partial charge on any atom is 0.251 e. The molecule has 0 aliphatic carbocycles. The van der Waals surface area contributed by atoms with Gasteiger partial charge in [0.25, 0.3) is 11.8 Å². The summed E-state index contributed by atoms with van der Waals surface area (Å²) in [5.74, 6) is -0.918. The number of halogens is 1. The van der Waals surface area contributed by atoms with Crippen LogP contribution in [0, 0.1) is 0 Å². The average molecular weight is 436 g/mol. The molecule has 0 heterocycles. The van der Waals surface area contributed by atoms with Crippen LogP contribution in [0.25, 0.3) is 11.1 Å². The van der Waals surface area contributed by atoms with Crippen LogP contribution < -0.4 is 16.0 Å². The standard InChI is InChI=1S/C24H22ClN3O3/c25-21-12-10-20(11-13-21)23(30)27-15-14-26-22(29)16-28-24(31)19-8-6-18(7-9-19)17-4-2-1-3-5-17/h1-13H,14-16H2,(H,26,29)(H,27,30)(H,28,31). The predicted molar refractivity (Wildman–Crippen MR) is 121 cm³/mol. The summed E-state index contributed by atoms with van der Waals surface area (Å²) in [5, 5.41) is 8.49. The Morgan fingerprint density at radius 1 is 0.613 bits per heavy atom. The molecule has 7 heteroatoms. The number of nitrogens with one attached hydrogen (secondary N) is 3. The van der Waals surface area contributed by atoms with E-state index in [1.807, 2.05) is 42.5 Å². The first-order chi connectivity index (χ1) is 15.0. The van der Waals surface area contributed by atoms with Gasteiger partial charge in [0.05, 0.1) is 6.54 Å². The zero-order valence-electron chi connectivity index (χ0n) is 16.7. The minimum atomic E-state index is -0.338. The summed E-state index contributed by atoms with van der Waals surface area (Å²) in [6.07, 6.45) is 0. The van der Waals surface area contributed by atoms with Crippen molar-refractivity contribution in [3.8, 4) is 11.1 Å². The molecular formula is C24H22ClN3O3. The number of carbonyl (C=O) groups excluding carboxylic acids is 3. The van der Waals surface area contributed by atoms with Crippen molar-refractivity contribution >= 4 is 29.3 Å². The molecule has 0 saturated carbocycles. The van der Waals surface area contributed by atoms with Crippen LogP contribution in [0.4, 0.5) is 0 Å². The lowest BCUT2D eigenvalue weighted by atomic mass is 10.0. The molecule has 158 valence electrons. The summed E-state index contributed by atoms with van der Waals surface area (Å²) in [4.78, 5) is 36.1. The lowest BCUT2D eigenvalue weighted by Crippen LogP contribution is -2.40. The van der Waals surface area contributed by atoms with Gasteiger partial charge in [-0.1, -0.05) is 54.1 Å². The molecule has 3 N–H and O–H groups in total. The number of benzene rings is 3. The van der Waals surface area contributed by atoms with Gasteiger partial charge in [0.1, 0.15) is 0 Å². The molecule has 3 aromatic carbocycles. The van der Waals surface area contributed by atoms with E-state index < -0.39 is 0 Å². The van der Waals surface area contributed by atoms with E-state index in [0.29, 0.717) is 16.1 Å². The van der Waals surface area contributed by atoms with Crippen LogP contribution in [0.1, 0.15) is 20.7 Å².